The van der Waals surface area contributed by atoms with Crippen molar-refractivity contribution in [2.45, 2.75) is 32.0 Å². The van der Waals surface area contributed by atoms with E-state index >= 15 is 0 Å². The summed E-state index contributed by atoms with van der Waals surface area (Å²) in [6.07, 6.45) is 1.09. The van der Waals surface area contributed by atoms with E-state index in [1.165, 1.54) is 11.8 Å². The minimum absolute atomic E-state index is 0.110. The van der Waals surface area contributed by atoms with Gasteiger partial charge in [-0.3, -0.25) is 9.78 Å². The number of hydrogen-bond donors (Lipinski definition) is 2. The van der Waals surface area contributed by atoms with Gasteiger partial charge in [-0.2, -0.15) is 5.26 Å². The van der Waals surface area contributed by atoms with Crippen LogP contribution >= 0.6 is 0 Å². The van der Waals surface area contributed by atoms with Crippen molar-refractivity contribution in [2.75, 3.05) is 5.32 Å². The predicted octanol–water partition coefficient (Wildman–Crippen LogP) is 4.07. The Labute approximate surface area is 195 Å². The highest BCUT2D eigenvalue weighted by Gasteiger charge is 2.34. The number of halogens is 2. The van der Waals surface area contributed by atoms with Crippen LogP contribution in [-0.2, 0) is 17.8 Å². The fourth-order valence-corrected chi connectivity index (χ4v) is 3.91. The second-order valence-corrected chi connectivity index (χ2v) is 8.00. The maximum Gasteiger partial charge on any atom is 0.322 e. The van der Waals surface area contributed by atoms with E-state index in [0.717, 1.165) is 11.8 Å². The van der Waals surface area contributed by atoms with Crippen LogP contribution in [0.3, 0.4) is 0 Å². The summed E-state index contributed by atoms with van der Waals surface area (Å²) in [4.78, 5) is 31.5. The maximum absolute atomic E-state index is 14.2. The van der Waals surface area contributed by atoms with Crippen molar-refractivity contribution in [2.24, 2.45) is 0 Å². The van der Waals surface area contributed by atoms with Crippen LogP contribution in [-0.4, -0.2) is 27.9 Å². The average molecular weight is 461 g/mol. The first-order valence-corrected chi connectivity index (χ1v) is 10.6. The number of amides is 3. The number of pyridine rings is 1. The molecule has 4 rings (SSSR count). The zero-order valence-corrected chi connectivity index (χ0v) is 18.3. The van der Waals surface area contributed by atoms with Crippen LogP contribution in [0.5, 0.6) is 0 Å². The number of urea groups is 1. The van der Waals surface area contributed by atoms with Crippen LogP contribution < -0.4 is 10.6 Å². The fraction of sp³-hybridized carbons (Fsp3) is 0.200. The van der Waals surface area contributed by atoms with Gasteiger partial charge in [-0.25, -0.2) is 13.6 Å². The lowest BCUT2D eigenvalue weighted by Crippen LogP contribution is -2.53. The van der Waals surface area contributed by atoms with Crippen molar-refractivity contribution >= 4 is 17.6 Å². The van der Waals surface area contributed by atoms with E-state index < -0.39 is 35.7 Å². The molecule has 2 heterocycles. The molecule has 172 valence electrons. The highest BCUT2D eigenvalue weighted by molar-refractivity contribution is 5.96. The SMILES string of the molecule is C[C@@H](NC(=O)[C@@H](Cc1ccccc1)N1Cc2cc(C#N)ccc2NC1=O)c1ncc(F)cc1F. The molecule has 7 nitrogen and oxygen atoms in total. The molecular weight excluding hydrogens is 440 g/mol. The molecule has 3 aromatic rings. The van der Waals surface area contributed by atoms with E-state index in [1.807, 2.05) is 30.3 Å². The molecule has 0 aliphatic carbocycles. The van der Waals surface area contributed by atoms with Gasteiger partial charge in [0.2, 0.25) is 5.91 Å². The first-order valence-electron chi connectivity index (χ1n) is 10.6. The Hall–Kier alpha value is -4.32. The summed E-state index contributed by atoms with van der Waals surface area (Å²) in [6.45, 7) is 1.64. The van der Waals surface area contributed by atoms with Gasteiger partial charge in [0.1, 0.15) is 17.7 Å². The lowest BCUT2D eigenvalue weighted by molar-refractivity contribution is -0.126. The quantitative estimate of drug-likeness (QED) is 0.578. The molecule has 0 bridgehead atoms. The first kappa shape index (κ1) is 22.9. The smallest absolute Gasteiger partial charge is 0.322 e. The third kappa shape index (κ3) is 4.86. The van der Waals surface area contributed by atoms with Crippen molar-refractivity contribution in [3.63, 3.8) is 0 Å². The number of aromatic nitrogens is 1. The zero-order valence-electron chi connectivity index (χ0n) is 18.3. The number of nitrogens with one attached hydrogen (secondary N) is 2. The van der Waals surface area contributed by atoms with Crippen LogP contribution in [0.4, 0.5) is 19.3 Å². The fourth-order valence-electron chi connectivity index (χ4n) is 3.91. The minimum atomic E-state index is -0.938. The van der Waals surface area contributed by atoms with Gasteiger partial charge >= 0.3 is 6.03 Å². The molecule has 1 aliphatic rings. The second kappa shape index (κ2) is 9.67. The Bertz CT molecular complexity index is 1280. The summed E-state index contributed by atoms with van der Waals surface area (Å²) < 4.78 is 27.4. The van der Waals surface area contributed by atoms with E-state index in [-0.39, 0.29) is 18.7 Å². The lowest BCUT2D eigenvalue weighted by atomic mass is 10.0. The molecule has 0 fully saturated rings. The van der Waals surface area contributed by atoms with Crippen molar-refractivity contribution in [1.82, 2.24) is 15.2 Å². The van der Waals surface area contributed by atoms with E-state index in [4.69, 9.17) is 0 Å². The van der Waals surface area contributed by atoms with Crippen molar-refractivity contribution in [3.05, 3.63) is 94.8 Å². The number of carbonyl (C=O) groups is 2. The zero-order chi connectivity index (χ0) is 24.2. The van der Waals surface area contributed by atoms with Gasteiger partial charge in [-0.15, -0.1) is 0 Å². The summed E-state index contributed by atoms with van der Waals surface area (Å²) in [5.41, 5.74) is 2.42. The molecule has 3 amide bonds. The van der Waals surface area contributed by atoms with Gasteiger partial charge in [0.15, 0.2) is 0 Å². The summed E-state index contributed by atoms with van der Waals surface area (Å²) in [6, 6.07) is 14.6. The second-order valence-electron chi connectivity index (χ2n) is 8.00. The summed E-state index contributed by atoms with van der Waals surface area (Å²) in [5.74, 6) is -2.21. The Morgan fingerprint density at radius 1 is 1.24 bits per heavy atom. The maximum atomic E-state index is 14.2. The number of nitrogens with zero attached hydrogens (tertiary/aromatic N) is 3. The van der Waals surface area contributed by atoms with E-state index in [2.05, 4.69) is 21.7 Å². The summed E-state index contributed by atoms with van der Waals surface area (Å²) in [5, 5.41) is 14.7. The van der Waals surface area contributed by atoms with Crippen molar-refractivity contribution in [3.8, 4) is 6.07 Å². The van der Waals surface area contributed by atoms with Crippen LogP contribution in [0, 0.1) is 23.0 Å². The molecule has 0 saturated heterocycles. The molecule has 0 radical (unpaired) electrons. The topological polar surface area (TPSA) is 98.1 Å². The standard InChI is InChI=1S/C25H21F2N5O2/c1-15(23-20(27)11-19(26)13-29-23)30-24(33)22(10-16-5-3-2-4-6-16)32-14-18-9-17(12-28)7-8-21(18)31-25(32)34/h2-9,11,13,15,22H,10,14H2,1H3,(H,30,33)(H,31,34)/t15-,22-/m1/s1. The highest BCUT2D eigenvalue weighted by atomic mass is 19.1. The van der Waals surface area contributed by atoms with Gasteiger partial charge in [0.05, 0.1) is 36.1 Å². The number of anilines is 1. The Balaban J connectivity index is 1.63. The molecule has 2 atom stereocenters. The Morgan fingerprint density at radius 2 is 2.00 bits per heavy atom. The van der Waals surface area contributed by atoms with Crippen molar-refractivity contribution in [1.29, 1.82) is 5.26 Å². The average Bonchev–Trinajstić information content (AvgIpc) is 2.82. The molecule has 0 saturated carbocycles. The van der Waals surface area contributed by atoms with Crippen LogP contribution in [0.15, 0.2) is 60.8 Å². The predicted molar refractivity (Wildman–Crippen MR) is 120 cm³/mol. The van der Waals surface area contributed by atoms with Gasteiger partial charge in [-0.05, 0) is 36.2 Å². The minimum Gasteiger partial charge on any atom is -0.346 e. The number of nitriles is 1. The van der Waals surface area contributed by atoms with E-state index in [9.17, 15) is 23.6 Å². The molecule has 9 heteroatoms. The molecule has 2 aromatic carbocycles. The summed E-state index contributed by atoms with van der Waals surface area (Å²) >= 11 is 0. The van der Waals surface area contributed by atoms with Crippen LogP contribution in [0.1, 0.15) is 35.3 Å². The number of hydrogen-bond acceptors (Lipinski definition) is 4. The largest absolute Gasteiger partial charge is 0.346 e. The molecule has 1 aromatic heterocycles. The van der Waals surface area contributed by atoms with E-state index in [0.29, 0.717) is 22.9 Å². The lowest BCUT2D eigenvalue weighted by Gasteiger charge is -2.35. The number of carbonyl (C=O) groups excluding carboxylic acids is 2. The molecule has 2 N–H and O–H groups in total. The number of benzene rings is 2. The molecular formula is C25H21F2N5O2. The van der Waals surface area contributed by atoms with E-state index in [1.54, 1.807) is 18.2 Å². The Morgan fingerprint density at radius 3 is 2.71 bits per heavy atom. The van der Waals surface area contributed by atoms with Crippen LogP contribution in [0.2, 0.25) is 0 Å². The number of rotatable bonds is 6. The Kier molecular flexibility index (Phi) is 6.50. The normalized spacial score (nSPS) is 14.4. The van der Waals surface area contributed by atoms with Gasteiger partial charge in [-0.1, -0.05) is 30.3 Å². The van der Waals surface area contributed by atoms with Gasteiger partial charge in [0, 0.05) is 18.2 Å². The van der Waals surface area contributed by atoms with Gasteiger partial charge < -0.3 is 15.5 Å². The highest BCUT2D eigenvalue weighted by Crippen LogP contribution is 2.27. The third-order valence-corrected chi connectivity index (χ3v) is 5.63. The van der Waals surface area contributed by atoms with Gasteiger partial charge in [0.25, 0.3) is 0 Å². The first-order chi connectivity index (χ1) is 16.4. The summed E-state index contributed by atoms with van der Waals surface area (Å²) in [7, 11) is 0. The third-order valence-electron chi connectivity index (χ3n) is 5.63. The molecule has 34 heavy (non-hydrogen) atoms. The number of fused-ring (bicyclic) bond motifs is 1. The van der Waals surface area contributed by atoms with Crippen LogP contribution in [0.25, 0.3) is 0 Å². The van der Waals surface area contributed by atoms with Crippen molar-refractivity contribution < 1.29 is 18.4 Å². The molecule has 0 unspecified atom stereocenters. The molecule has 0 spiro atoms. The monoisotopic (exact) mass is 461 g/mol. The molecule has 1 aliphatic heterocycles.